The molecule has 0 bridgehead atoms. The zero-order valence-corrected chi connectivity index (χ0v) is 22.7. The second-order valence-electron chi connectivity index (χ2n) is 9.77. The topological polar surface area (TPSA) is 53.1 Å². The Kier molecular flexibility index (Phi) is 9.09. The van der Waals surface area contributed by atoms with Gasteiger partial charge in [-0.1, -0.05) is 72.8 Å². The molecule has 6 heteroatoms. The highest BCUT2D eigenvalue weighted by Crippen LogP contribution is 2.35. The summed E-state index contributed by atoms with van der Waals surface area (Å²) >= 11 is 0. The van der Waals surface area contributed by atoms with Crippen LogP contribution in [0.1, 0.15) is 24.0 Å². The van der Waals surface area contributed by atoms with E-state index in [2.05, 4.69) is 41.3 Å². The number of aromatic nitrogens is 1. The van der Waals surface area contributed by atoms with E-state index in [9.17, 15) is 0 Å². The number of hydrogen-bond acceptors (Lipinski definition) is 6. The van der Waals surface area contributed by atoms with E-state index in [0.717, 1.165) is 48.2 Å². The van der Waals surface area contributed by atoms with Gasteiger partial charge < -0.3 is 23.8 Å². The van der Waals surface area contributed by atoms with Crippen LogP contribution < -0.4 is 14.4 Å². The number of nitrogens with zero attached hydrogens (tertiary/aromatic N) is 2. The summed E-state index contributed by atoms with van der Waals surface area (Å²) in [5, 5.41) is 0. The van der Waals surface area contributed by atoms with Gasteiger partial charge >= 0.3 is 0 Å². The average molecular weight is 525 g/mol. The summed E-state index contributed by atoms with van der Waals surface area (Å²) in [6.07, 6.45) is 1.91. The monoisotopic (exact) mass is 524 g/mol. The molecule has 0 amide bonds. The van der Waals surface area contributed by atoms with Crippen LogP contribution in [0.25, 0.3) is 11.1 Å². The Morgan fingerprint density at radius 1 is 0.744 bits per heavy atom. The lowest BCUT2D eigenvalue weighted by Gasteiger charge is -2.36. The smallest absolute Gasteiger partial charge is 0.225 e. The van der Waals surface area contributed by atoms with Crippen LogP contribution in [0.5, 0.6) is 11.8 Å². The SMILES string of the molecule is COC(OC)C1CCN(c2cccc(-c3ccc(OCc4ccccc4)nc3OCc3ccccc3)c2)CC1. The van der Waals surface area contributed by atoms with Gasteiger partial charge in [0.2, 0.25) is 11.8 Å². The Labute approximate surface area is 231 Å². The molecule has 0 saturated carbocycles. The second-order valence-corrected chi connectivity index (χ2v) is 9.77. The second kappa shape index (κ2) is 13.3. The van der Waals surface area contributed by atoms with Crippen molar-refractivity contribution in [3.63, 3.8) is 0 Å². The molecule has 0 spiro atoms. The van der Waals surface area contributed by atoms with Crippen molar-refractivity contribution < 1.29 is 18.9 Å². The molecule has 4 aromatic rings. The van der Waals surface area contributed by atoms with Crippen LogP contribution in [-0.2, 0) is 22.7 Å². The van der Waals surface area contributed by atoms with Crippen molar-refractivity contribution in [2.75, 3.05) is 32.2 Å². The van der Waals surface area contributed by atoms with Gasteiger partial charge in [-0.15, -0.1) is 0 Å². The summed E-state index contributed by atoms with van der Waals surface area (Å²) in [5.41, 5.74) is 5.37. The molecule has 5 rings (SSSR count). The molecule has 202 valence electrons. The molecule has 1 fully saturated rings. The van der Waals surface area contributed by atoms with E-state index in [1.807, 2.05) is 60.7 Å². The maximum absolute atomic E-state index is 6.29. The number of rotatable bonds is 11. The third-order valence-electron chi connectivity index (χ3n) is 7.19. The zero-order chi connectivity index (χ0) is 26.9. The van der Waals surface area contributed by atoms with Crippen molar-refractivity contribution in [2.24, 2.45) is 5.92 Å². The minimum atomic E-state index is -0.142. The van der Waals surface area contributed by atoms with Gasteiger partial charge in [-0.3, -0.25) is 0 Å². The molecule has 3 aromatic carbocycles. The van der Waals surface area contributed by atoms with Gasteiger partial charge in [-0.05, 0) is 47.7 Å². The zero-order valence-electron chi connectivity index (χ0n) is 22.7. The Morgan fingerprint density at radius 2 is 1.38 bits per heavy atom. The number of benzene rings is 3. The van der Waals surface area contributed by atoms with Gasteiger partial charge in [-0.2, -0.15) is 4.98 Å². The molecule has 1 saturated heterocycles. The Morgan fingerprint density at radius 3 is 2.03 bits per heavy atom. The lowest BCUT2D eigenvalue weighted by molar-refractivity contribution is -0.141. The maximum atomic E-state index is 6.29. The van der Waals surface area contributed by atoms with E-state index in [0.29, 0.717) is 30.9 Å². The van der Waals surface area contributed by atoms with Crippen molar-refractivity contribution in [3.05, 3.63) is 108 Å². The van der Waals surface area contributed by atoms with E-state index in [1.54, 1.807) is 14.2 Å². The molecule has 1 aromatic heterocycles. The summed E-state index contributed by atoms with van der Waals surface area (Å²) in [5.74, 6) is 1.50. The molecule has 1 aliphatic rings. The normalized spacial score (nSPS) is 14.0. The van der Waals surface area contributed by atoms with Gasteiger partial charge in [0.1, 0.15) is 13.2 Å². The highest BCUT2D eigenvalue weighted by molar-refractivity contribution is 5.73. The molecular weight excluding hydrogens is 488 g/mol. The van der Waals surface area contributed by atoms with Gasteiger partial charge in [0.15, 0.2) is 6.29 Å². The highest BCUT2D eigenvalue weighted by atomic mass is 16.7. The maximum Gasteiger partial charge on any atom is 0.225 e. The molecular formula is C33H36N2O4. The first kappa shape index (κ1) is 26.7. The van der Waals surface area contributed by atoms with E-state index < -0.39 is 0 Å². The van der Waals surface area contributed by atoms with E-state index >= 15 is 0 Å². The minimum Gasteiger partial charge on any atom is -0.473 e. The molecule has 6 nitrogen and oxygen atoms in total. The third kappa shape index (κ3) is 6.96. The molecule has 0 atom stereocenters. The van der Waals surface area contributed by atoms with Crippen molar-refractivity contribution in [1.29, 1.82) is 0 Å². The first-order valence-electron chi connectivity index (χ1n) is 13.5. The van der Waals surface area contributed by atoms with Crippen molar-refractivity contribution in [1.82, 2.24) is 4.98 Å². The fourth-order valence-electron chi connectivity index (χ4n) is 5.07. The van der Waals surface area contributed by atoms with Crippen molar-refractivity contribution in [3.8, 4) is 22.9 Å². The lowest BCUT2D eigenvalue weighted by atomic mass is 9.95. The quantitative estimate of drug-likeness (QED) is 0.203. The van der Waals surface area contributed by atoms with Crippen LogP contribution in [0.4, 0.5) is 5.69 Å². The van der Waals surface area contributed by atoms with E-state index in [1.165, 1.54) is 5.69 Å². The van der Waals surface area contributed by atoms with Crippen LogP contribution in [0.3, 0.4) is 0 Å². The molecule has 2 heterocycles. The van der Waals surface area contributed by atoms with Crippen molar-refractivity contribution >= 4 is 5.69 Å². The summed E-state index contributed by atoms with van der Waals surface area (Å²) in [6.45, 7) is 2.79. The van der Waals surface area contributed by atoms with Crippen LogP contribution in [0, 0.1) is 5.92 Å². The molecule has 0 N–H and O–H groups in total. The summed E-state index contributed by atoms with van der Waals surface area (Å²) in [4.78, 5) is 7.21. The number of pyridine rings is 1. The Hall–Kier alpha value is -3.87. The molecule has 0 aliphatic carbocycles. The number of anilines is 1. The largest absolute Gasteiger partial charge is 0.473 e. The van der Waals surface area contributed by atoms with Gasteiger partial charge in [-0.25, -0.2) is 0 Å². The fraction of sp³-hybridized carbons (Fsp3) is 0.303. The number of piperidine rings is 1. The van der Waals surface area contributed by atoms with Gasteiger partial charge in [0.05, 0.1) is 0 Å². The number of hydrogen-bond donors (Lipinski definition) is 0. The number of ether oxygens (including phenoxy) is 4. The van der Waals surface area contributed by atoms with Gasteiger partial charge in [0, 0.05) is 50.5 Å². The first-order chi connectivity index (χ1) is 19.2. The number of methoxy groups -OCH3 is 2. The summed E-state index contributed by atoms with van der Waals surface area (Å²) < 4.78 is 23.3. The van der Waals surface area contributed by atoms with E-state index in [4.69, 9.17) is 23.9 Å². The van der Waals surface area contributed by atoms with Gasteiger partial charge in [0.25, 0.3) is 0 Å². The molecule has 0 unspecified atom stereocenters. The predicted octanol–water partition coefficient (Wildman–Crippen LogP) is 6.74. The average Bonchev–Trinajstić information content (AvgIpc) is 3.01. The fourth-order valence-corrected chi connectivity index (χ4v) is 5.07. The van der Waals surface area contributed by atoms with Crippen LogP contribution in [-0.4, -0.2) is 38.6 Å². The lowest BCUT2D eigenvalue weighted by Crippen LogP contribution is -2.39. The standard InChI is InChI=1S/C33H36N2O4/c1-36-33(37-2)27-18-20-35(21-19-27)29-15-9-14-28(22-29)30-16-17-31(38-23-25-10-5-3-6-11-25)34-32(30)39-24-26-12-7-4-8-13-26/h3-17,22,27,33H,18-21,23-24H2,1-2H3. The molecule has 39 heavy (non-hydrogen) atoms. The predicted molar refractivity (Wildman–Crippen MR) is 154 cm³/mol. The highest BCUT2D eigenvalue weighted by Gasteiger charge is 2.27. The van der Waals surface area contributed by atoms with Crippen LogP contribution in [0.2, 0.25) is 0 Å². The van der Waals surface area contributed by atoms with Crippen molar-refractivity contribution in [2.45, 2.75) is 32.3 Å². The molecule has 0 radical (unpaired) electrons. The third-order valence-corrected chi connectivity index (χ3v) is 7.19. The molecule has 1 aliphatic heterocycles. The summed E-state index contributed by atoms with van der Waals surface area (Å²) in [6, 6.07) is 32.8. The minimum absolute atomic E-state index is 0.142. The van der Waals surface area contributed by atoms with E-state index in [-0.39, 0.29) is 6.29 Å². The Bertz CT molecular complexity index is 1300. The van der Waals surface area contributed by atoms with Crippen LogP contribution in [0.15, 0.2) is 97.1 Å². The Balaban J connectivity index is 1.36. The van der Waals surface area contributed by atoms with Crippen LogP contribution >= 0.6 is 0 Å². The summed E-state index contributed by atoms with van der Waals surface area (Å²) in [7, 11) is 3.43. The first-order valence-corrected chi connectivity index (χ1v) is 13.5.